The van der Waals surface area contributed by atoms with Gasteiger partial charge in [0.2, 0.25) is 0 Å². The van der Waals surface area contributed by atoms with Crippen molar-refractivity contribution in [2.24, 2.45) is 16.6 Å². The summed E-state index contributed by atoms with van der Waals surface area (Å²) in [6.07, 6.45) is 9.84. The van der Waals surface area contributed by atoms with Gasteiger partial charge in [-0.15, -0.1) is 0 Å². The number of benzene rings is 2. The molecule has 0 spiro atoms. The van der Waals surface area contributed by atoms with Gasteiger partial charge in [-0.25, -0.2) is 0 Å². The van der Waals surface area contributed by atoms with E-state index in [0.717, 1.165) is 30.6 Å². The predicted octanol–water partition coefficient (Wildman–Crippen LogP) is 4.86. The number of fused-ring (bicyclic) bond motifs is 3. The minimum atomic E-state index is -0.834. The SMILES string of the molecule is CCCC(O)CC(O)CC(=O)CCc1ccc(O)c(OCN2C=C3N=CC(C45CCCC4CC4CNC(N)c6cccc5c64)=C3C2)c1. The zero-order valence-corrected chi connectivity index (χ0v) is 27.3. The van der Waals surface area contributed by atoms with Crippen molar-refractivity contribution in [3.05, 3.63) is 81.7 Å². The number of ketones is 1. The van der Waals surface area contributed by atoms with Crippen molar-refractivity contribution < 1.29 is 24.9 Å². The molecule has 1 fully saturated rings. The second-order valence-corrected chi connectivity index (χ2v) is 14.2. The van der Waals surface area contributed by atoms with E-state index in [-0.39, 0.29) is 49.1 Å². The van der Waals surface area contributed by atoms with E-state index in [1.54, 1.807) is 18.2 Å². The highest BCUT2D eigenvalue weighted by atomic mass is 16.5. The van der Waals surface area contributed by atoms with Gasteiger partial charge in [-0.05, 0) is 90.3 Å². The summed E-state index contributed by atoms with van der Waals surface area (Å²) >= 11 is 0. The number of nitrogens with zero attached hydrogens (tertiary/aromatic N) is 2. The van der Waals surface area contributed by atoms with E-state index in [2.05, 4.69) is 40.8 Å². The van der Waals surface area contributed by atoms with Crippen molar-refractivity contribution >= 4 is 12.0 Å². The molecule has 0 radical (unpaired) electrons. The van der Waals surface area contributed by atoms with E-state index in [4.69, 9.17) is 15.5 Å². The molecule has 5 aliphatic rings. The van der Waals surface area contributed by atoms with Crippen molar-refractivity contribution in [1.82, 2.24) is 10.2 Å². The van der Waals surface area contributed by atoms with Gasteiger partial charge < -0.3 is 30.7 Å². The maximum atomic E-state index is 12.5. The molecule has 0 bridgehead atoms. The van der Waals surface area contributed by atoms with Crippen molar-refractivity contribution in [1.29, 1.82) is 0 Å². The maximum Gasteiger partial charge on any atom is 0.163 e. The highest BCUT2D eigenvalue weighted by molar-refractivity contribution is 5.91. The average molecular weight is 641 g/mol. The van der Waals surface area contributed by atoms with E-state index < -0.39 is 12.2 Å². The molecule has 0 saturated heterocycles. The fourth-order valence-electron chi connectivity index (χ4n) is 9.05. The van der Waals surface area contributed by atoms with Crippen LogP contribution < -0.4 is 15.8 Å². The van der Waals surface area contributed by atoms with Gasteiger partial charge in [-0.1, -0.05) is 44.0 Å². The molecule has 3 heterocycles. The van der Waals surface area contributed by atoms with Gasteiger partial charge in [-0.2, -0.15) is 0 Å². The zero-order valence-electron chi connectivity index (χ0n) is 27.3. The number of phenols is 1. The first-order valence-corrected chi connectivity index (χ1v) is 17.5. The molecule has 9 heteroatoms. The second kappa shape index (κ2) is 13.2. The van der Waals surface area contributed by atoms with Crippen LogP contribution in [0.5, 0.6) is 11.5 Å². The van der Waals surface area contributed by atoms with Crippen LogP contribution in [0.25, 0.3) is 0 Å². The molecule has 2 aromatic carbocycles. The molecule has 6 unspecified atom stereocenters. The van der Waals surface area contributed by atoms with Crippen LogP contribution >= 0.6 is 0 Å². The number of nitrogens with two attached hydrogens (primary N) is 1. The average Bonchev–Trinajstić information content (AvgIpc) is 3.77. The van der Waals surface area contributed by atoms with Gasteiger partial charge in [0, 0.05) is 49.3 Å². The molecule has 1 saturated carbocycles. The first-order chi connectivity index (χ1) is 22.8. The van der Waals surface area contributed by atoms with Gasteiger partial charge in [0.25, 0.3) is 0 Å². The fraction of sp³-hybridized carbons (Fsp3) is 0.526. The lowest BCUT2D eigenvalue weighted by Crippen LogP contribution is -2.46. The van der Waals surface area contributed by atoms with Gasteiger partial charge in [0.05, 0.1) is 24.1 Å². The monoisotopic (exact) mass is 640 g/mol. The Labute approximate surface area is 277 Å². The molecule has 6 atom stereocenters. The molecule has 2 aromatic rings. The molecule has 250 valence electrons. The molecule has 2 aliphatic carbocycles. The summed E-state index contributed by atoms with van der Waals surface area (Å²) in [6.45, 7) is 3.87. The molecule has 0 aromatic heterocycles. The summed E-state index contributed by atoms with van der Waals surface area (Å²) in [7, 11) is 0. The summed E-state index contributed by atoms with van der Waals surface area (Å²) in [4.78, 5) is 19.5. The number of hydrogen-bond acceptors (Lipinski definition) is 9. The molecule has 7 rings (SSSR count). The number of aromatic hydroxyl groups is 1. The number of ether oxygens (including phenoxy) is 1. The van der Waals surface area contributed by atoms with Crippen LogP contribution in [0, 0.1) is 5.92 Å². The minimum absolute atomic E-state index is 0.0340. The van der Waals surface area contributed by atoms with Crippen LogP contribution in [0.15, 0.2) is 64.4 Å². The summed E-state index contributed by atoms with van der Waals surface area (Å²) in [5, 5.41) is 34.2. The molecule has 0 amide bonds. The number of rotatable bonds is 13. The van der Waals surface area contributed by atoms with Gasteiger partial charge in [-0.3, -0.25) is 15.1 Å². The largest absolute Gasteiger partial charge is 0.504 e. The third-order valence-electron chi connectivity index (χ3n) is 11.2. The maximum absolute atomic E-state index is 12.5. The predicted molar refractivity (Wildman–Crippen MR) is 181 cm³/mol. The lowest BCUT2D eigenvalue weighted by atomic mass is 9.57. The number of carbonyl (C=O) groups is 1. The summed E-state index contributed by atoms with van der Waals surface area (Å²) in [5.74, 6) is 1.45. The van der Waals surface area contributed by atoms with E-state index in [1.807, 2.05) is 6.92 Å². The smallest absolute Gasteiger partial charge is 0.163 e. The van der Waals surface area contributed by atoms with E-state index in [0.29, 0.717) is 37.0 Å². The summed E-state index contributed by atoms with van der Waals surface area (Å²) in [5.41, 5.74) is 15.2. The van der Waals surface area contributed by atoms with Crippen molar-refractivity contribution in [2.75, 3.05) is 19.8 Å². The van der Waals surface area contributed by atoms with Crippen LogP contribution in [0.1, 0.15) is 99.0 Å². The van der Waals surface area contributed by atoms with E-state index >= 15 is 0 Å². The molecule has 6 N–H and O–H groups in total. The first kappa shape index (κ1) is 32.1. The van der Waals surface area contributed by atoms with Gasteiger partial charge in [0.15, 0.2) is 18.2 Å². The first-order valence-electron chi connectivity index (χ1n) is 17.5. The number of hydrogen-bond donors (Lipinski definition) is 5. The highest BCUT2D eigenvalue weighted by Gasteiger charge is 2.54. The summed E-state index contributed by atoms with van der Waals surface area (Å²) < 4.78 is 6.13. The molecular formula is C38H48N4O5. The quantitative estimate of drug-likeness (QED) is 0.209. The Morgan fingerprint density at radius 2 is 2.11 bits per heavy atom. The topological polar surface area (TPSA) is 141 Å². The summed E-state index contributed by atoms with van der Waals surface area (Å²) in [6, 6.07) is 11.9. The lowest BCUT2D eigenvalue weighted by Gasteiger charge is -2.48. The number of aryl methyl sites for hydroxylation is 1. The van der Waals surface area contributed by atoms with E-state index in [1.165, 1.54) is 47.1 Å². The van der Waals surface area contributed by atoms with Gasteiger partial charge in [0.1, 0.15) is 5.78 Å². The number of Topliss-reactive ketones (excluding diaryl/α,β-unsaturated/α-hetero) is 1. The van der Waals surface area contributed by atoms with Crippen LogP contribution in [-0.2, 0) is 16.6 Å². The second-order valence-electron chi connectivity index (χ2n) is 14.2. The zero-order chi connectivity index (χ0) is 32.7. The third kappa shape index (κ3) is 6.03. The number of carbonyl (C=O) groups excluding carboxylic acids is 1. The third-order valence-corrected chi connectivity index (χ3v) is 11.2. The highest BCUT2D eigenvalue weighted by Crippen LogP contribution is 2.61. The Kier molecular flexibility index (Phi) is 9.00. The Morgan fingerprint density at radius 1 is 1.23 bits per heavy atom. The van der Waals surface area contributed by atoms with Crippen molar-refractivity contribution in [3.63, 3.8) is 0 Å². The van der Waals surface area contributed by atoms with Crippen molar-refractivity contribution in [3.8, 4) is 11.5 Å². The van der Waals surface area contributed by atoms with Crippen LogP contribution in [0.3, 0.4) is 0 Å². The fourth-order valence-corrected chi connectivity index (χ4v) is 9.05. The standard InChI is InChI=1S/C38H48N4O5/c1-2-5-26(43)16-28(45)17-27(44)11-9-23-10-12-34(46)35(14-23)47-22-42-20-30-32(19-40-33(30)21-42)38-13-4-6-25(38)15-24-18-41-37(39)29-7-3-8-31(38)36(24)29/h3,7-8,10,12,14,19,21,24-26,28,37,41,43,45-46H,2,4-6,9,11,13,15-18,20,22,39H2,1H3. The normalized spacial score (nSPS) is 26.9. The van der Waals surface area contributed by atoms with Crippen LogP contribution in [-0.4, -0.2) is 64.2 Å². The number of aliphatic hydroxyl groups excluding tert-OH is 2. The Bertz CT molecular complexity index is 1620. The molecule has 9 nitrogen and oxygen atoms in total. The van der Waals surface area contributed by atoms with Gasteiger partial charge >= 0.3 is 0 Å². The number of allylic oxidation sites excluding steroid dienone is 1. The Balaban J connectivity index is 1.02. The number of aliphatic hydroxyl groups is 2. The Morgan fingerprint density at radius 3 is 2.96 bits per heavy atom. The number of phenolic OH excluding ortho intramolecular Hbond substituents is 1. The number of nitrogens with one attached hydrogen (secondary N) is 1. The van der Waals surface area contributed by atoms with Crippen LogP contribution in [0.4, 0.5) is 0 Å². The minimum Gasteiger partial charge on any atom is -0.504 e. The van der Waals surface area contributed by atoms with E-state index in [9.17, 15) is 20.1 Å². The van der Waals surface area contributed by atoms with Crippen LogP contribution in [0.2, 0.25) is 0 Å². The number of aliphatic imine (C=N–C) groups is 1. The molecule has 47 heavy (non-hydrogen) atoms. The molecule has 3 aliphatic heterocycles. The lowest BCUT2D eigenvalue weighted by molar-refractivity contribution is -0.121. The molecular weight excluding hydrogens is 592 g/mol. The van der Waals surface area contributed by atoms with Crippen molar-refractivity contribution in [2.45, 2.75) is 101 Å². The Hall–Kier alpha value is -3.50.